The summed E-state index contributed by atoms with van der Waals surface area (Å²) in [6.07, 6.45) is -4.71. The van der Waals surface area contributed by atoms with Crippen molar-refractivity contribution in [2.75, 3.05) is 54.9 Å². The van der Waals surface area contributed by atoms with Gasteiger partial charge in [0.2, 0.25) is 0 Å². The van der Waals surface area contributed by atoms with Crippen molar-refractivity contribution in [2.24, 2.45) is 5.92 Å². The molecule has 7 nitrogen and oxygen atoms in total. The number of nitrogens with zero attached hydrogens (tertiary/aromatic N) is 3. The Balaban J connectivity index is 1.57. The monoisotopic (exact) mass is 519 g/mol. The van der Waals surface area contributed by atoms with Crippen molar-refractivity contribution in [1.29, 1.82) is 0 Å². The van der Waals surface area contributed by atoms with Gasteiger partial charge in [-0.25, -0.2) is 9.78 Å². The molecular formula is C27H36F3N5O2. The van der Waals surface area contributed by atoms with E-state index in [0.29, 0.717) is 31.9 Å². The fourth-order valence-electron chi connectivity index (χ4n) is 4.80. The molecule has 1 aromatic carbocycles. The molecule has 1 atom stereocenters. The molecular weight excluding hydrogens is 483 g/mol. The number of likely N-dealkylation sites (tertiary alicyclic amines) is 1. The van der Waals surface area contributed by atoms with E-state index in [-0.39, 0.29) is 18.1 Å². The average molecular weight is 520 g/mol. The summed E-state index contributed by atoms with van der Waals surface area (Å²) in [6.45, 7) is 11.5. The van der Waals surface area contributed by atoms with E-state index in [1.165, 1.54) is 4.90 Å². The molecule has 2 aliphatic heterocycles. The zero-order valence-corrected chi connectivity index (χ0v) is 21.9. The smallest absolute Gasteiger partial charge is 0.378 e. The SMILES string of the molecule is Cc1ccc(NC(=O)N2CCC(CC(F)(F)F)C2)cc1-c1cc(NC(C)(C)C)nc(N2CCOCC2)c1. The minimum Gasteiger partial charge on any atom is -0.378 e. The van der Waals surface area contributed by atoms with Gasteiger partial charge in [0, 0.05) is 43.8 Å². The number of aromatic nitrogens is 1. The predicted molar refractivity (Wildman–Crippen MR) is 140 cm³/mol. The van der Waals surface area contributed by atoms with E-state index in [4.69, 9.17) is 9.72 Å². The maximum absolute atomic E-state index is 12.8. The minimum atomic E-state index is -4.21. The number of aryl methyl sites for hydroxylation is 1. The second-order valence-corrected chi connectivity index (χ2v) is 11.0. The van der Waals surface area contributed by atoms with E-state index in [1.807, 2.05) is 31.2 Å². The van der Waals surface area contributed by atoms with Crippen molar-refractivity contribution in [2.45, 2.75) is 52.3 Å². The van der Waals surface area contributed by atoms with Crippen LogP contribution in [-0.4, -0.2) is 67.0 Å². The van der Waals surface area contributed by atoms with Crippen LogP contribution in [0.25, 0.3) is 11.1 Å². The number of urea groups is 1. The summed E-state index contributed by atoms with van der Waals surface area (Å²) in [6, 6.07) is 9.35. The van der Waals surface area contributed by atoms with Crippen molar-refractivity contribution in [3.05, 3.63) is 35.9 Å². The normalized spacial score (nSPS) is 18.7. The first kappa shape index (κ1) is 27.0. The molecule has 4 rings (SSSR count). The van der Waals surface area contributed by atoms with Crippen molar-refractivity contribution in [3.8, 4) is 11.1 Å². The van der Waals surface area contributed by atoms with Gasteiger partial charge in [0.05, 0.1) is 13.2 Å². The number of carbonyl (C=O) groups is 1. The Morgan fingerprint density at radius 3 is 2.51 bits per heavy atom. The molecule has 2 aromatic rings. The third-order valence-corrected chi connectivity index (χ3v) is 6.54. The third kappa shape index (κ3) is 7.50. The third-order valence-electron chi connectivity index (χ3n) is 6.54. The number of nitrogens with one attached hydrogen (secondary N) is 2. The maximum Gasteiger partial charge on any atom is 0.389 e. The highest BCUT2D eigenvalue weighted by atomic mass is 19.4. The molecule has 2 amide bonds. The Morgan fingerprint density at radius 2 is 1.84 bits per heavy atom. The zero-order chi connectivity index (χ0) is 26.8. The summed E-state index contributed by atoms with van der Waals surface area (Å²) < 4.78 is 43.8. The molecule has 202 valence electrons. The number of ether oxygens (including phenoxy) is 1. The van der Waals surface area contributed by atoms with Crippen LogP contribution in [0.3, 0.4) is 0 Å². The van der Waals surface area contributed by atoms with Gasteiger partial charge < -0.3 is 25.2 Å². The van der Waals surface area contributed by atoms with Crippen LogP contribution in [0.15, 0.2) is 30.3 Å². The molecule has 0 bridgehead atoms. The molecule has 2 fully saturated rings. The summed E-state index contributed by atoms with van der Waals surface area (Å²) in [4.78, 5) is 21.3. The number of anilines is 3. The van der Waals surface area contributed by atoms with Crippen LogP contribution in [0.1, 0.15) is 39.2 Å². The zero-order valence-electron chi connectivity index (χ0n) is 21.9. The summed E-state index contributed by atoms with van der Waals surface area (Å²) in [5.74, 6) is 1.06. The quantitative estimate of drug-likeness (QED) is 0.514. The van der Waals surface area contributed by atoms with Crippen LogP contribution >= 0.6 is 0 Å². The van der Waals surface area contributed by atoms with Crippen LogP contribution in [0, 0.1) is 12.8 Å². The summed E-state index contributed by atoms with van der Waals surface area (Å²) >= 11 is 0. The number of benzene rings is 1. The van der Waals surface area contributed by atoms with Gasteiger partial charge >= 0.3 is 12.2 Å². The Labute approximate surface area is 216 Å². The van der Waals surface area contributed by atoms with Crippen molar-refractivity contribution in [3.63, 3.8) is 0 Å². The van der Waals surface area contributed by atoms with Crippen LogP contribution in [0.4, 0.5) is 35.3 Å². The lowest BCUT2D eigenvalue weighted by Crippen LogP contribution is -2.37. The average Bonchev–Trinajstić information content (AvgIpc) is 3.26. The lowest BCUT2D eigenvalue weighted by Gasteiger charge is -2.29. The van der Waals surface area contributed by atoms with Gasteiger partial charge in [0.15, 0.2) is 0 Å². The number of amides is 2. The molecule has 2 aliphatic rings. The molecule has 10 heteroatoms. The topological polar surface area (TPSA) is 69.7 Å². The first-order valence-electron chi connectivity index (χ1n) is 12.7. The molecule has 0 aliphatic carbocycles. The summed E-state index contributed by atoms with van der Waals surface area (Å²) in [5, 5.41) is 6.35. The Kier molecular flexibility index (Phi) is 7.87. The second-order valence-electron chi connectivity index (χ2n) is 11.0. The first-order chi connectivity index (χ1) is 17.4. The van der Waals surface area contributed by atoms with E-state index in [0.717, 1.165) is 41.4 Å². The number of carbonyl (C=O) groups excluding carboxylic acids is 1. The van der Waals surface area contributed by atoms with Gasteiger partial charge in [-0.3, -0.25) is 0 Å². The molecule has 2 N–H and O–H groups in total. The number of hydrogen-bond acceptors (Lipinski definition) is 5. The van der Waals surface area contributed by atoms with Crippen molar-refractivity contribution < 1.29 is 22.7 Å². The van der Waals surface area contributed by atoms with E-state index in [9.17, 15) is 18.0 Å². The highest BCUT2D eigenvalue weighted by molar-refractivity contribution is 5.91. The predicted octanol–water partition coefficient (Wildman–Crippen LogP) is 5.91. The molecule has 2 saturated heterocycles. The highest BCUT2D eigenvalue weighted by Crippen LogP contribution is 2.33. The lowest BCUT2D eigenvalue weighted by molar-refractivity contribution is -0.143. The first-order valence-corrected chi connectivity index (χ1v) is 12.7. The van der Waals surface area contributed by atoms with Gasteiger partial charge in [-0.1, -0.05) is 6.07 Å². The van der Waals surface area contributed by atoms with Crippen molar-refractivity contribution in [1.82, 2.24) is 9.88 Å². The molecule has 0 saturated carbocycles. The largest absolute Gasteiger partial charge is 0.389 e. The van der Waals surface area contributed by atoms with E-state index in [1.54, 1.807) is 0 Å². The van der Waals surface area contributed by atoms with Crippen LogP contribution in [0.2, 0.25) is 0 Å². The minimum absolute atomic E-state index is 0.110. The summed E-state index contributed by atoms with van der Waals surface area (Å²) in [5.41, 5.74) is 3.36. The molecule has 37 heavy (non-hydrogen) atoms. The fourth-order valence-corrected chi connectivity index (χ4v) is 4.80. The van der Waals surface area contributed by atoms with Gasteiger partial charge in [-0.05, 0) is 81.0 Å². The van der Waals surface area contributed by atoms with Gasteiger partial charge in [0.25, 0.3) is 0 Å². The van der Waals surface area contributed by atoms with Gasteiger partial charge in [0.1, 0.15) is 11.6 Å². The highest BCUT2D eigenvalue weighted by Gasteiger charge is 2.36. The number of morpholine rings is 1. The maximum atomic E-state index is 12.8. The number of alkyl halides is 3. The second kappa shape index (κ2) is 10.8. The Hall–Kier alpha value is -3.01. The van der Waals surface area contributed by atoms with E-state index < -0.39 is 18.5 Å². The van der Waals surface area contributed by atoms with Crippen LogP contribution < -0.4 is 15.5 Å². The molecule has 3 heterocycles. The van der Waals surface area contributed by atoms with E-state index >= 15 is 0 Å². The Bertz CT molecular complexity index is 1110. The molecule has 1 aromatic heterocycles. The summed E-state index contributed by atoms with van der Waals surface area (Å²) in [7, 11) is 0. The van der Waals surface area contributed by atoms with Crippen LogP contribution in [-0.2, 0) is 4.74 Å². The standard InChI is InChI=1S/C27H36F3N5O2/c1-18-5-6-21(31-25(36)35-8-7-19(17-35)16-27(28,29)30)15-22(18)20-13-23(33-26(2,3)4)32-24(14-20)34-9-11-37-12-10-34/h5-6,13-15,19H,7-12,16-17H2,1-4H3,(H,31,36)(H,32,33). The number of pyridine rings is 1. The van der Waals surface area contributed by atoms with Crippen LogP contribution in [0.5, 0.6) is 0 Å². The lowest BCUT2D eigenvalue weighted by atomic mass is 9.99. The van der Waals surface area contributed by atoms with Crippen molar-refractivity contribution >= 4 is 23.4 Å². The van der Waals surface area contributed by atoms with Gasteiger partial charge in [-0.2, -0.15) is 13.2 Å². The number of hydrogen-bond donors (Lipinski definition) is 2. The Morgan fingerprint density at radius 1 is 1.11 bits per heavy atom. The fraction of sp³-hybridized carbons (Fsp3) is 0.556. The molecule has 0 spiro atoms. The number of rotatable bonds is 5. The molecule has 1 unspecified atom stereocenters. The van der Waals surface area contributed by atoms with Gasteiger partial charge in [-0.15, -0.1) is 0 Å². The van der Waals surface area contributed by atoms with E-state index in [2.05, 4.69) is 42.4 Å². The molecule has 0 radical (unpaired) electrons. The number of halogens is 3.